The van der Waals surface area contributed by atoms with E-state index in [-0.39, 0.29) is 17.7 Å². The number of hydrogen-bond acceptors (Lipinski definition) is 3. The number of carbonyl (C=O) groups is 2. The first-order valence-electron chi connectivity index (χ1n) is 8.42. The summed E-state index contributed by atoms with van der Waals surface area (Å²) in [7, 11) is 1.62. The number of piperidine rings is 1. The molecule has 0 radical (unpaired) electrons. The van der Waals surface area contributed by atoms with E-state index in [1.807, 2.05) is 42.5 Å². The highest BCUT2D eigenvalue weighted by Gasteiger charge is 2.27. The molecule has 2 amide bonds. The fraction of sp³-hybridized carbons (Fsp3) is 0.300. The molecule has 5 nitrogen and oxygen atoms in total. The van der Waals surface area contributed by atoms with Crippen LogP contribution in [0.15, 0.2) is 48.5 Å². The standard InChI is InChI=1S/C20H22N2O3/c1-25-18-10-9-15(12-17(18)14-6-3-2-4-7-14)20(24)22-11-5-8-16(13-22)19(21)23/h2-4,6-7,9-10,12,16H,5,8,11,13H2,1H3,(H2,21,23)/t16-/m1/s1. The summed E-state index contributed by atoms with van der Waals surface area (Å²) in [5.41, 5.74) is 7.86. The van der Waals surface area contributed by atoms with Gasteiger partial charge in [-0.05, 0) is 36.6 Å². The summed E-state index contributed by atoms with van der Waals surface area (Å²) >= 11 is 0. The number of likely N-dealkylation sites (tertiary alicyclic amines) is 1. The van der Waals surface area contributed by atoms with Crippen molar-refractivity contribution < 1.29 is 14.3 Å². The Hall–Kier alpha value is -2.82. The van der Waals surface area contributed by atoms with Crippen LogP contribution in [0, 0.1) is 5.92 Å². The van der Waals surface area contributed by atoms with Crippen molar-refractivity contribution in [1.29, 1.82) is 0 Å². The number of nitrogens with zero attached hydrogens (tertiary/aromatic N) is 1. The number of hydrogen-bond donors (Lipinski definition) is 1. The smallest absolute Gasteiger partial charge is 0.253 e. The maximum Gasteiger partial charge on any atom is 0.253 e. The fourth-order valence-electron chi connectivity index (χ4n) is 3.26. The van der Waals surface area contributed by atoms with Crippen molar-refractivity contribution in [3.05, 3.63) is 54.1 Å². The van der Waals surface area contributed by atoms with Crippen molar-refractivity contribution >= 4 is 11.8 Å². The molecule has 1 atom stereocenters. The van der Waals surface area contributed by atoms with Gasteiger partial charge in [0.05, 0.1) is 13.0 Å². The van der Waals surface area contributed by atoms with Crippen molar-refractivity contribution in [2.75, 3.05) is 20.2 Å². The van der Waals surface area contributed by atoms with Crippen LogP contribution >= 0.6 is 0 Å². The van der Waals surface area contributed by atoms with Gasteiger partial charge in [0.25, 0.3) is 5.91 Å². The van der Waals surface area contributed by atoms with Gasteiger partial charge in [-0.2, -0.15) is 0 Å². The summed E-state index contributed by atoms with van der Waals surface area (Å²) in [6.45, 7) is 1.04. The van der Waals surface area contributed by atoms with Crippen LogP contribution in [-0.2, 0) is 4.79 Å². The largest absolute Gasteiger partial charge is 0.496 e. The molecule has 3 rings (SSSR count). The number of amides is 2. The van der Waals surface area contributed by atoms with Crippen LogP contribution in [0.1, 0.15) is 23.2 Å². The van der Waals surface area contributed by atoms with Gasteiger partial charge in [-0.15, -0.1) is 0 Å². The Morgan fingerprint density at radius 2 is 1.92 bits per heavy atom. The number of primary amides is 1. The lowest BCUT2D eigenvalue weighted by atomic mass is 9.96. The molecule has 130 valence electrons. The predicted octanol–water partition coefficient (Wildman–Crippen LogP) is 2.70. The lowest BCUT2D eigenvalue weighted by molar-refractivity contribution is -0.123. The van der Waals surface area contributed by atoms with Crippen molar-refractivity contribution in [3.63, 3.8) is 0 Å². The van der Waals surface area contributed by atoms with Crippen molar-refractivity contribution in [2.45, 2.75) is 12.8 Å². The Labute approximate surface area is 147 Å². The lowest BCUT2D eigenvalue weighted by Gasteiger charge is -2.31. The second kappa shape index (κ2) is 7.38. The SMILES string of the molecule is COc1ccc(C(=O)N2CCC[C@@H](C(N)=O)C2)cc1-c1ccccc1. The van der Waals surface area contributed by atoms with Crippen molar-refractivity contribution in [2.24, 2.45) is 11.7 Å². The van der Waals surface area contributed by atoms with Gasteiger partial charge >= 0.3 is 0 Å². The molecule has 0 unspecified atom stereocenters. The molecule has 1 saturated heterocycles. The fourth-order valence-corrected chi connectivity index (χ4v) is 3.26. The van der Waals surface area contributed by atoms with E-state index in [9.17, 15) is 9.59 Å². The molecule has 1 fully saturated rings. The molecule has 1 heterocycles. The zero-order valence-corrected chi connectivity index (χ0v) is 14.3. The summed E-state index contributed by atoms with van der Waals surface area (Å²) in [5.74, 6) is 0.0453. The topological polar surface area (TPSA) is 72.6 Å². The minimum absolute atomic E-state index is 0.0780. The Kier molecular flexibility index (Phi) is 5.03. The van der Waals surface area contributed by atoms with Gasteiger partial charge in [-0.3, -0.25) is 9.59 Å². The predicted molar refractivity (Wildman–Crippen MR) is 96.3 cm³/mol. The third-order valence-corrected chi connectivity index (χ3v) is 4.64. The first-order valence-corrected chi connectivity index (χ1v) is 8.42. The highest BCUT2D eigenvalue weighted by atomic mass is 16.5. The molecule has 2 aromatic carbocycles. The number of carbonyl (C=O) groups excluding carboxylic acids is 2. The molecule has 0 aliphatic carbocycles. The molecule has 2 N–H and O–H groups in total. The van der Waals surface area contributed by atoms with Gasteiger partial charge in [0, 0.05) is 24.2 Å². The molecular weight excluding hydrogens is 316 g/mol. The maximum absolute atomic E-state index is 12.9. The molecule has 0 aromatic heterocycles. The number of rotatable bonds is 4. The number of methoxy groups -OCH3 is 1. The molecule has 5 heteroatoms. The van der Waals surface area contributed by atoms with E-state index in [0.717, 1.165) is 29.7 Å². The molecular formula is C20H22N2O3. The molecule has 0 saturated carbocycles. The Bertz CT molecular complexity index is 774. The van der Waals surface area contributed by atoms with Crippen LogP contribution in [0.3, 0.4) is 0 Å². The van der Waals surface area contributed by atoms with Crippen LogP contribution in [0.5, 0.6) is 5.75 Å². The quantitative estimate of drug-likeness (QED) is 0.931. The van der Waals surface area contributed by atoms with E-state index < -0.39 is 0 Å². The zero-order valence-electron chi connectivity index (χ0n) is 14.3. The van der Waals surface area contributed by atoms with Gasteiger partial charge in [0.1, 0.15) is 5.75 Å². The summed E-state index contributed by atoms with van der Waals surface area (Å²) < 4.78 is 5.44. The zero-order chi connectivity index (χ0) is 17.8. The second-order valence-corrected chi connectivity index (χ2v) is 6.27. The maximum atomic E-state index is 12.9. The van der Waals surface area contributed by atoms with E-state index in [4.69, 9.17) is 10.5 Å². The van der Waals surface area contributed by atoms with Crippen LogP contribution in [-0.4, -0.2) is 36.9 Å². The second-order valence-electron chi connectivity index (χ2n) is 6.27. The molecule has 1 aliphatic heterocycles. The Balaban J connectivity index is 1.90. The molecule has 0 spiro atoms. The van der Waals surface area contributed by atoms with Crippen molar-refractivity contribution in [3.8, 4) is 16.9 Å². The average Bonchev–Trinajstić information content (AvgIpc) is 2.67. The Morgan fingerprint density at radius 1 is 1.16 bits per heavy atom. The van der Waals surface area contributed by atoms with Crippen LogP contribution in [0.2, 0.25) is 0 Å². The molecule has 0 bridgehead atoms. The van der Waals surface area contributed by atoms with Gasteiger partial charge in [0.15, 0.2) is 0 Å². The highest BCUT2D eigenvalue weighted by Crippen LogP contribution is 2.31. The first-order chi connectivity index (χ1) is 12.1. The van der Waals surface area contributed by atoms with Crippen LogP contribution in [0.25, 0.3) is 11.1 Å². The minimum atomic E-state index is -0.336. The van der Waals surface area contributed by atoms with Gasteiger partial charge in [-0.25, -0.2) is 0 Å². The van der Waals surface area contributed by atoms with Gasteiger partial charge in [-0.1, -0.05) is 30.3 Å². The van der Waals surface area contributed by atoms with Crippen LogP contribution < -0.4 is 10.5 Å². The van der Waals surface area contributed by atoms with E-state index in [1.165, 1.54) is 0 Å². The van der Waals surface area contributed by atoms with E-state index in [0.29, 0.717) is 18.7 Å². The third-order valence-electron chi connectivity index (χ3n) is 4.64. The van der Waals surface area contributed by atoms with E-state index >= 15 is 0 Å². The third kappa shape index (κ3) is 3.65. The van der Waals surface area contributed by atoms with Crippen molar-refractivity contribution in [1.82, 2.24) is 4.90 Å². The van der Waals surface area contributed by atoms with E-state index in [1.54, 1.807) is 18.1 Å². The average molecular weight is 338 g/mol. The summed E-state index contributed by atoms with van der Waals surface area (Å²) in [4.78, 5) is 26.1. The molecule has 1 aliphatic rings. The summed E-state index contributed by atoms with van der Waals surface area (Å²) in [6.07, 6.45) is 1.54. The summed E-state index contributed by atoms with van der Waals surface area (Å²) in [6, 6.07) is 15.2. The molecule has 2 aromatic rings. The van der Waals surface area contributed by atoms with Crippen LogP contribution in [0.4, 0.5) is 0 Å². The lowest BCUT2D eigenvalue weighted by Crippen LogP contribution is -2.44. The molecule has 25 heavy (non-hydrogen) atoms. The monoisotopic (exact) mass is 338 g/mol. The Morgan fingerprint density at radius 3 is 2.60 bits per heavy atom. The number of benzene rings is 2. The summed E-state index contributed by atoms with van der Waals surface area (Å²) in [5, 5.41) is 0. The minimum Gasteiger partial charge on any atom is -0.496 e. The number of ether oxygens (including phenoxy) is 1. The number of nitrogens with two attached hydrogens (primary N) is 1. The van der Waals surface area contributed by atoms with Gasteiger partial charge < -0.3 is 15.4 Å². The van der Waals surface area contributed by atoms with Gasteiger partial charge in [0.2, 0.25) is 5.91 Å². The normalized spacial score (nSPS) is 17.2. The van der Waals surface area contributed by atoms with E-state index in [2.05, 4.69) is 0 Å². The first kappa shape index (κ1) is 17.0. The highest BCUT2D eigenvalue weighted by molar-refractivity contribution is 5.96.